The summed E-state index contributed by atoms with van der Waals surface area (Å²) in [6.07, 6.45) is 8.28. The van der Waals surface area contributed by atoms with Crippen LogP contribution in [0, 0.1) is 16.7 Å². The van der Waals surface area contributed by atoms with Gasteiger partial charge in [-0.05, 0) is 67.3 Å². The third kappa shape index (κ3) is 2.68. The van der Waals surface area contributed by atoms with E-state index in [2.05, 4.69) is 54.4 Å². The molecule has 1 N–H and O–H groups in total. The van der Waals surface area contributed by atoms with Gasteiger partial charge in [0.15, 0.2) is 0 Å². The number of nitrogens with one attached hydrogen (secondary N) is 1. The lowest BCUT2D eigenvalue weighted by Gasteiger charge is -2.66. The monoisotopic (exact) mass is 366 g/mol. The topological polar surface area (TPSA) is 32.3 Å². The van der Waals surface area contributed by atoms with Crippen LogP contribution < -0.4 is 5.32 Å². The Hall–Kier alpha value is -1.35. The largest absolute Gasteiger partial charge is 0.337 e. The first-order valence-electron chi connectivity index (χ1n) is 11.1. The zero-order valence-corrected chi connectivity index (χ0v) is 17.0. The van der Waals surface area contributed by atoms with E-state index in [-0.39, 0.29) is 10.8 Å². The maximum atomic E-state index is 14.0. The molecule has 146 valence electrons. The summed E-state index contributed by atoms with van der Waals surface area (Å²) in [7, 11) is 0. The predicted octanol–water partition coefficient (Wildman–Crippen LogP) is 4.13. The SMILES string of the molecule is CCC1CNCCN1C(=O)[C@]12CC3C[C@@](C)(C1)C[C@](c1ccccc1)(C3)C2. The summed E-state index contributed by atoms with van der Waals surface area (Å²) < 4.78 is 0. The highest BCUT2D eigenvalue weighted by Crippen LogP contribution is 2.70. The molecule has 1 aromatic carbocycles. The van der Waals surface area contributed by atoms with Crippen molar-refractivity contribution in [3.05, 3.63) is 35.9 Å². The van der Waals surface area contributed by atoms with Gasteiger partial charge in [-0.1, -0.05) is 44.2 Å². The summed E-state index contributed by atoms with van der Waals surface area (Å²) in [6.45, 7) is 7.50. The molecule has 6 rings (SSSR count). The van der Waals surface area contributed by atoms with Crippen LogP contribution in [0.4, 0.5) is 0 Å². The van der Waals surface area contributed by atoms with E-state index < -0.39 is 0 Å². The standard InChI is InChI=1S/C24H34N2O/c1-3-20-14-25-9-10-26(20)21(27)24-13-18-11-22(2,16-24)15-23(12-18,17-24)19-7-5-4-6-8-19/h4-8,18,20,25H,3,9-17H2,1-2H3/t18?,20?,22-,23-,24-/m1/s1. The van der Waals surface area contributed by atoms with E-state index in [0.29, 0.717) is 17.4 Å². The molecule has 4 aliphatic carbocycles. The van der Waals surface area contributed by atoms with E-state index in [1.807, 2.05) is 0 Å². The van der Waals surface area contributed by atoms with Gasteiger partial charge in [0.05, 0.1) is 5.41 Å². The molecule has 4 bridgehead atoms. The molecule has 4 saturated carbocycles. The fraction of sp³-hybridized carbons (Fsp3) is 0.708. The number of hydrogen-bond donors (Lipinski definition) is 1. The zero-order chi connectivity index (χ0) is 18.7. The molecule has 2 unspecified atom stereocenters. The van der Waals surface area contributed by atoms with Crippen molar-refractivity contribution in [3.8, 4) is 0 Å². The van der Waals surface area contributed by atoms with Crippen LogP contribution in [0.2, 0.25) is 0 Å². The molecule has 1 saturated heterocycles. The lowest BCUT2D eigenvalue weighted by Crippen LogP contribution is -2.65. The summed E-state index contributed by atoms with van der Waals surface area (Å²) in [4.78, 5) is 16.3. The first-order valence-corrected chi connectivity index (χ1v) is 11.1. The third-order valence-electron chi connectivity index (χ3n) is 8.27. The summed E-state index contributed by atoms with van der Waals surface area (Å²) in [5.74, 6) is 1.21. The molecule has 5 aliphatic rings. The lowest BCUT2D eigenvalue weighted by atomic mass is 9.38. The minimum Gasteiger partial charge on any atom is -0.337 e. The molecule has 27 heavy (non-hydrogen) atoms. The predicted molar refractivity (Wildman–Crippen MR) is 109 cm³/mol. The lowest BCUT2D eigenvalue weighted by molar-refractivity contribution is -0.173. The summed E-state index contributed by atoms with van der Waals surface area (Å²) in [5, 5.41) is 3.49. The molecule has 0 spiro atoms. The fourth-order valence-electron chi connectivity index (χ4n) is 7.97. The van der Waals surface area contributed by atoms with Crippen LogP contribution in [-0.2, 0) is 10.2 Å². The molecule has 5 atom stereocenters. The van der Waals surface area contributed by atoms with Crippen molar-refractivity contribution in [3.63, 3.8) is 0 Å². The van der Waals surface area contributed by atoms with E-state index in [1.54, 1.807) is 0 Å². The van der Waals surface area contributed by atoms with Crippen LogP contribution in [0.15, 0.2) is 30.3 Å². The minimum absolute atomic E-state index is 0.116. The van der Waals surface area contributed by atoms with Crippen molar-refractivity contribution < 1.29 is 4.79 Å². The van der Waals surface area contributed by atoms with Crippen LogP contribution in [0.5, 0.6) is 0 Å². The van der Waals surface area contributed by atoms with Gasteiger partial charge >= 0.3 is 0 Å². The quantitative estimate of drug-likeness (QED) is 0.872. The number of rotatable bonds is 3. The van der Waals surface area contributed by atoms with Crippen LogP contribution >= 0.6 is 0 Å². The first kappa shape index (κ1) is 17.7. The van der Waals surface area contributed by atoms with Crippen molar-refractivity contribution in [2.45, 2.75) is 70.3 Å². The van der Waals surface area contributed by atoms with Gasteiger partial charge in [-0.15, -0.1) is 0 Å². The third-order valence-corrected chi connectivity index (χ3v) is 8.27. The van der Waals surface area contributed by atoms with E-state index in [9.17, 15) is 4.79 Å². The Labute approximate surface area is 163 Å². The van der Waals surface area contributed by atoms with Crippen molar-refractivity contribution in [1.82, 2.24) is 10.2 Å². The smallest absolute Gasteiger partial charge is 0.229 e. The number of amides is 1. The Kier molecular flexibility index (Phi) is 3.99. The van der Waals surface area contributed by atoms with Gasteiger partial charge in [0.2, 0.25) is 5.91 Å². The highest BCUT2D eigenvalue weighted by molar-refractivity contribution is 5.84. The van der Waals surface area contributed by atoms with Gasteiger partial charge in [0.1, 0.15) is 0 Å². The van der Waals surface area contributed by atoms with Crippen LogP contribution in [0.1, 0.15) is 64.4 Å². The number of carbonyl (C=O) groups excluding carboxylic acids is 1. The summed E-state index contributed by atoms with van der Waals surface area (Å²) >= 11 is 0. The van der Waals surface area contributed by atoms with Crippen molar-refractivity contribution >= 4 is 5.91 Å². The average molecular weight is 367 g/mol. The Bertz CT molecular complexity index is 733. The van der Waals surface area contributed by atoms with Crippen LogP contribution in [-0.4, -0.2) is 36.5 Å². The second kappa shape index (κ2) is 6.07. The van der Waals surface area contributed by atoms with Gasteiger partial charge in [0.25, 0.3) is 0 Å². The Morgan fingerprint density at radius 2 is 1.96 bits per heavy atom. The maximum Gasteiger partial charge on any atom is 0.229 e. The highest BCUT2D eigenvalue weighted by Gasteiger charge is 2.65. The number of carbonyl (C=O) groups is 1. The molecule has 1 heterocycles. The van der Waals surface area contributed by atoms with Crippen LogP contribution in [0.25, 0.3) is 0 Å². The summed E-state index contributed by atoms with van der Waals surface area (Å²) in [5.41, 5.74) is 1.93. The van der Waals surface area contributed by atoms with Gasteiger partial charge in [0, 0.05) is 25.7 Å². The number of benzene rings is 1. The van der Waals surface area contributed by atoms with E-state index >= 15 is 0 Å². The van der Waals surface area contributed by atoms with Gasteiger partial charge < -0.3 is 10.2 Å². The van der Waals surface area contributed by atoms with Crippen molar-refractivity contribution in [1.29, 1.82) is 0 Å². The molecular weight excluding hydrogens is 332 g/mol. The summed E-state index contributed by atoms with van der Waals surface area (Å²) in [6, 6.07) is 11.5. The molecule has 1 aromatic rings. The Morgan fingerprint density at radius 3 is 2.70 bits per heavy atom. The molecule has 3 heteroatoms. The number of hydrogen-bond acceptors (Lipinski definition) is 2. The van der Waals surface area contributed by atoms with Gasteiger partial charge in [-0.2, -0.15) is 0 Å². The Morgan fingerprint density at radius 1 is 1.15 bits per heavy atom. The second-order valence-electron chi connectivity index (χ2n) is 10.5. The molecular formula is C24H34N2O. The van der Waals surface area contributed by atoms with E-state index in [0.717, 1.165) is 51.2 Å². The fourth-order valence-corrected chi connectivity index (χ4v) is 7.97. The van der Waals surface area contributed by atoms with E-state index in [4.69, 9.17) is 0 Å². The van der Waals surface area contributed by atoms with E-state index in [1.165, 1.54) is 24.8 Å². The number of nitrogens with zero attached hydrogens (tertiary/aromatic N) is 1. The maximum absolute atomic E-state index is 14.0. The molecule has 0 aromatic heterocycles. The molecule has 1 aliphatic heterocycles. The normalized spacial score (nSPS) is 43.1. The van der Waals surface area contributed by atoms with Crippen molar-refractivity contribution in [2.24, 2.45) is 16.7 Å². The van der Waals surface area contributed by atoms with Gasteiger partial charge in [-0.3, -0.25) is 4.79 Å². The molecule has 5 fully saturated rings. The van der Waals surface area contributed by atoms with Gasteiger partial charge in [-0.25, -0.2) is 0 Å². The number of piperazine rings is 1. The second-order valence-corrected chi connectivity index (χ2v) is 10.5. The molecule has 0 radical (unpaired) electrons. The Balaban J connectivity index is 1.53. The first-order chi connectivity index (χ1) is 13.0. The molecule has 3 nitrogen and oxygen atoms in total. The van der Waals surface area contributed by atoms with Crippen LogP contribution in [0.3, 0.4) is 0 Å². The zero-order valence-electron chi connectivity index (χ0n) is 17.0. The highest BCUT2D eigenvalue weighted by atomic mass is 16.2. The average Bonchev–Trinajstić information content (AvgIpc) is 2.66. The minimum atomic E-state index is -0.116. The van der Waals surface area contributed by atoms with Crippen molar-refractivity contribution in [2.75, 3.05) is 19.6 Å². The molecule has 1 amide bonds.